The average Bonchev–Trinajstić information content (AvgIpc) is 3.35. The molecule has 2 aromatic carbocycles. The fourth-order valence-electron chi connectivity index (χ4n) is 4.71. The summed E-state index contributed by atoms with van der Waals surface area (Å²) in [6.07, 6.45) is 0.294. The number of halogens is 2. The van der Waals surface area contributed by atoms with E-state index in [1.54, 1.807) is 42.5 Å². The predicted octanol–water partition coefficient (Wildman–Crippen LogP) is 4.67. The molecule has 1 aliphatic carbocycles. The van der Waals surface area contributed by atoms with Crippen LogP contribution in [-0.2, 0) is 14.3 Å². The monoisotopic (exact) mass is 506 g/mol. The second-order valence-electron chi connectivity index (χ2n) is 6.97. The number of ether oxygens (including phenoxy) is 2. The van der Waals surface area contributed by atoms with Gasteiger partial charge in [-0.3, -0.25) is 14.4 Å². The van der Waals surface area contributed by atoms with Gasteiger partial charge < -0.3 is 9.47 Å². The molecule has 4 rings (SSSR count). The number of hydrogen-bond donors (Lipinski definition) is 0. The van der Waals surface area contributed by atoms with Crippen molar-refractivity contribution in [3.63, 3.8) is 0 Å². The van der Waals surface area contributed by atoms with Crippen LogP contribution in [0.25, 0.3) is 0 Å². The number of esters is 2. The van der Waals surface area contributed by atoms with Crippen molar-refractivity contribution < 1.29 is 23.9 Å². The summed E-state index contributed by atoms with van der Waals surface area (Å²) in [4.78, 5) is 39.6. The standard InChI is InChI=1S/C21H16Br2O5/c1-3-20(17(24)11-4-6-12(22)7-5-11)16-14-10-13(23)8-9-15(14)28-19(26)21(16,20)18(25)27-2/h4-10,16H,3H2,1-2H3/t16-,20-,21+/m1/s1. The van der Waals surface area contributed by atoms with Crippen molar-refractivity contribution in [3.8, 4) is 5.75 Å². The fraction of sp³-hybridized carbons (Fsp3) is 0.286. The summed E-state index contributed by atoms with van der Waals surface area (Å²) in [6.45, 7) is 1.81. The van der Waals surface area contributed by atoms with Crippen LogP contribution in [-0.4, -0.2) is 24.8 Å². The minimum atomic E-state index is -1.67. The first-order valence-electron chi connectivity index (χ1n) is 8.75. The van der Waals surface area contributed by atoms with E-state index < -0.39 is 28.7 Å². The molecular weight excluding hydrogens is 492 g/mol. The number of carbonyl (C=O) groups is 3. The molecule has 0 spiro atoms. The number of hydrogen-bond acceptors (Lipinski definition) is 5. The van der Waals surface area contributed by atoms with Crippen molar-refractivity contribution in [2.24, 2.45) is 10.8 Å². The van der Waals surface area contributed by atoms with E-state index in [4.69, 9.17) is 9.47 Å². The molecule has 0 aromatic heterocycles. The molecule has 0 bridgehead atoms. The van der Waals surface area contributed by atoms with Crippen LogP contribution >= 0.6 is 31.9 Å². The van der Waals surface area contributed by atoms with Gasteiger partial charge >= 0.3 is 11.9 Å². The van der Waals surface area contributed by atoms with E-state index in [9.17, 15) is 14.4 Å². The Morgan fingerprint density at radius 2 is 1.75 bits per heavy atom. The number of methoxy groups -OCH3 is 1. The van der Waals surface area contributed by atoms with Crippen molar-refractivity contribution in [2.45, 2.75) is 19.3 Å². The quantitative estimate of drug-likeness (QED) is 0.260. The second-order valence-corrected chi connectivity index (χ2v) is 8.80. The molecule has 1 fully saturated rings. The van der Waals surface area contributed by atoms with E-state index in [2.05, 4.69) is 31.9 Å². The lowest BCUT2D eigenvalue weighted by molar-refractivity contribution is -0.160. The minimum Gasteiger partial charge on any atom is -0.468 e. The summed E-state index contributed by atoms with van der Waals surface area (Å²) in [5.41, 5.74) is -1.83. The zero-order valence-corrected chi connectivity index (χ0v) is 18.3. The summed E-state index contributed by atoms with van der Waals surface area (Å²) in [7, 11) is 1.22. The maximum Gasteiger partial charge on any atom is 0.330 e. The molecule has 0 radical (unpaired) electrons. The van der Waals surface area contributed by atoms with Crippen molar-refractivity contribution in [3.05, 3.63) is 62.5 Å². The molecule has 1 saturated carbocycles. The smallest absolute Gasteiger partial charge is 0.330 e. The summed E-state index contributed by atoms with van der Waals surface area (Å²) in [5, 5.41) is 0. The van der Waals surface area contributed by atoms with Gasteiger partial charge in [-0.2, -0.15) is 0 Å². The number of Topliss-reactive ketones (excluding diaryl/α,β-unsaturated/α-hetero) is 1. The van der Waals surface area contributed by atoms with Crippen molar-refractivity contribution in [1.29, 1.82) is 0 Å². The molecule has 0 unspecified atom stereocenters. The first-order chi connectivity index (χ1) is 13.3. The summed E-state index contributed by atoms with van der Waals surface area (Å²) < 4.78 is 12.1. The highest BCUT2D eigenvalue weighted by Crippen LogP contribution is 2.80. The maximum absolute atomic E-state index is 13.7. The molecule has 144 valence electrons. The Morgan fingerprint density at radius 1 is 1.11 bits per heavy atom. The molecule has 2 aromatic rings. The number of rotatable bonds is 4. The highest BCUT2D eigenvalue weighted by Gasteiger charge is 2.90. The first kappa shape index (κ1) is 19.3. The van der Waals surface area contributed by atoms with Crippen molar-refractivity contribution in [1.82, 2.24) is 0 Å². The Morgan fingerprint density at radius 3 is 2.36 bits per heavy atom. The highest BCUT2D eigenvalue weighted by molar-refractivity contribution is 9.10. The molecule has 3 atom stereocenters. The van der Waals surface area contributed by atoms with Gasteiger partial charge in [0.05, 0.1) is 12.5 Å². The molecule has 0 saturated heterocycles. The number of benzene rings is 2. The molecular formula is C21H16Br2O5. The van der Waals surface area contributed by atoms with Gasteiger partial charge in [0.25, 0.3) is 0 Å². The zero-order valence-electron chi connectivity index (χ0n) is 15.1. The van der Waals surface area contributed by atoms with Crippen molar-refractivity contribution >= 4 is 49.6 Å². The Labute approximate surface area is 178 Å². The molecule has 0 amide bonds. The van der Waals surface area contributed by atoms with E-state index in [1.807, 2.05) is 6.92 Å². The number of carbonyl (C=O) groups excluding carboxylic acids is 3. The molecule has 0 N–H and O–H groups in total. The summed E-state index contributed by atoms with van der Waals surface area (Å²) >= 11 is 6.78. The minimum absolute atomic E-state index is 0.261. The van der Waals surface area contributed by atoms with Crippen LogP contribution in [0.4, 0.5) is 0 Å². The largest absolute Gasteiger partial charge is 0.468 e. The lowest BCUT2D eigenvalue weighted by Crippen LogP contribution is -2.40. The van der Waals surface area contributed by atoms with Gasteiger partial charge in [0, 0.05) is 26.0 Å². The third-order valence-corrected chi connectivity index (χ3v) is 6.95. The zero-order chi connectivity index (χ0) is 20.3. The highest BCUT2D eigenvalue weighted by atomic mass is 79.9. The summed E-state index contributed by atoms with van der Waals surface area (Å²) in [5.74, 6) is -1.99. The molecule has 5 nitrogen and oxygen atoms in total. The SMILES string of the molecule is CC[C@]1(C(=O)c2ccc(Br)cc2)[C@H]2c3cc(Br)ccc3OC(=O)[C@@]21C(=O)OC. The molecule has 1 aliphatic heterocycles. The van der Waals surface area contributed by atoms with E-state index in [0.29, 0.717) is 23.3 Å². The Kier molecular flexibility index (Phi) is 4.50. The van der Waals surface area contributed by atoms with Gasteiger partial charge in [0.1, 0.15) is 5.75 Å². The van der Waals surface area contributed by atoms with Crippen LogP contribution in [0.15, 0.2) is 51.4 Å². The van der Waals surface area contributed by atoms with Gasteiger partial charge in [-0.15, -0.1) is 0 Å². The summed E-state index contributed by atoms with van der Waals surface area (Å²) in [6, 6.07) is 12.1. The fourth-order valence-corrected chi connectivity index (χ4v) is 5.35. The van der Waals surface area contributed by atoms with E-state index in [0.717, 1.165) is 8.95 Å². The van der Waals surface area contributed by atoms with Crippen LogP contribution in [0, 0.1) is 10.8 Å². The Bertz CT molecular complexity index is 1020. The van der Waals surface area contributed by atoms with Crippen LogP contribution in [0.3, 0.4) is 0 Å². The van der Waals surface area contributed by atoms with Crippen LogP contribution in [0.1, 0.15) is 35.2 Å². The molecule has 28 heavy (non-hydrogen) atoms. The van der Waals surface area contributed by atoms with E-state index in [-0.39, 0.29) is 5.78 Å². The average molecular weight is 508 g/mol. The normalized spacial score (nSPS) is 27.3. The second kappa shape index (κ2) is 6.52. The van der Waals surface area contributed by atoms with Crippen LogP contribution in [0.2, 0.25) is 0 Å². The van der Waals surface area contributed by atoms with Gasteiger partial charge in [-0.1, -0.05) is 50.9 Å². The van der Waals surface area contributed by atoms with Gasteiger partial charge in [0.2, 0.25) is 0 Å². The molecule has 2 aliphatic rings. The van der Waals surface area contributed by atoms with Crippen LogP contribution in [0.5, 0.6) is 5.75 Å². The van der Waals surface area contributed by atoms with Crippen LogP contribution < -0.4 is 4.74 Å². The first-order valence-corrected chi connectivity index (χ1v) is 10.3. The predicted molar refractivity (Wildman–Crippen MR) is 108 cm³/mol. The lowest BCUT2D eigenvalue weighted by Gasteiger charge is -2.22. The van der Waals surface area contributed by atoms with Crippen molar-refractivity contribution in [2.75, 3.05) is 7.11 Å². The third-order valence-electron chi connectivity index (χ3n) is 5.93. The van der Waals surface area contributed by atoms with E-state index in [1.165, 1.54) is 7.11 Å². The van der Waals surface area contributed by atoms with Gasteiger partial charge in [-0.25, -0.2) is 0 Å². The number of ketones is 1. The van der Waals surface area contributed by atoms with Gasteiger partial charge in [0.15, 0.2) is 11.2 Å². The Hall–Kier alpha value is -1.99. The van der Waals surface area contributed by atoms with Gasteiger partial charge in [-0.05, 0) is 36.8 Å². The molecule has 1 heterocycles. The lowest BCUT2D eigenvalue weighted by atomic mass is 9.83. The third kappa shape index (κ3) is 2.26. The van der Waals surface area contributed by atoms with E-state index >= 15 is 0 Å². The Balaban J connectivity index is 1.95. The maximum atomic E-state index is 13.7. The number of fused-ring (bicyclic) bond motifs is 3. The topological polar surface area (TPSA) is 69.7 Å². The molecule has 7 heteroatoms.